The van der Waals surface area contributed by atoms with Gasteiger partial charge in [0.15, 0.2) is 11.6 Å². The van der Waals surface area contributed by atoms with Crippen LogP contribution in [0, 0.1) is 0 Å². The van der Waals surface area contributed by atoms with Gasteiger partial charge in [0.2, 0.25) is 5.95 Å². The van der Waals surface area contributed by atoms with E-state index >= 15 is 0 Å². The van der Waals surface area contributed by atoms with E-state index in [1.807, 2.05) is 30.3 Å². The van der Waals surface area contributed by atoms with Crippen molar-refractivity contribution in [2.75, 3.05) is 41.8 Å². The summed E-state index contributed by atoms with van der Waals surface area (Å²) < 4.78 is 5.45. The molecule has 0 unspecified atom stereocenters. The molecule has 148 valence electrons. The summed E-state index contributed by atoms with van der Waals surface area (Å²) in [6.07, 6.45) is 1.54. The van der Waals surface area contributed by atoms with Crippen molar-refractivity contribution in [2.24, 2.45) is 0 Å². The molecule has 2 heterocycles. The van der Waals surface area contributed by atoms with Crippen molar-refractivity contribution < 1.29 is 9.53 Å². The van der Waals surface area contributed by atoms with Gasteiger partial charge in [-0.25, -0.2) is 0 Å². The minimum Gasteiger partial charge on any atom is -0.378 e. The summed E-state index contributed by atoms with van der Waals surface area (Å²) in [6.45, 7) is 4.65. The van der Waals surface area contributed by atoms with E-state index in [1.165, 1.54) is 0 Å². The Hall–Kier alpha value is -3.52. The Morgan fingerprint density at radius 2 is 1.90 bits per heavy atom. The summed E-state index contributed by atoms with van der Waals surface area (Å²) in [7, 11) is 0. The second-order valence-electron chi connectivity index (χ2n) is 6.67. The molecule has 1 aliphatic heterocycles. The zero-order valence-electron chi connectivity index (χ0n) is 16.1. The van der Waals surface area contributed by atoms with E-state index in [9.17, 15) is 4.79 Å². The number of para-hydroxylation sites is 2. The van der Waals surface area contributed by atoms with Crippen molar-refractivity contribution in [1.29, 1.82) is 0 Å². The number of Topliss-reactive ketones (excluding diaryl/α,β-unsaturated/α-hetero) is 1. The molecule has 8 nitrogen and oxygen atoms in total. The standard InChI is InChI=1S/C21H22N6O2/c1-15(28)16-5-4-6-17(13-16)23-20-14-22-26-21(25-20)24-18-7-2-3-8-19(18)27-9-11-29-12-10-27/h2-8,13-14H,9-12H2,1H3,(H2,23,24,25,26). The van der Waals surface area contributed by atoms with Crippen LogP contribution in [0.1, 0.15) is 17.3 Å². The molecule has 0 amide bonds. The Morgan fingerprint density at radius 3 is 2.72 bits per heavy atom. The summed E-state index contributed by atoms with van der Waals surface area (Å²) in [5.74, 6) is 0.932. The van der Waals surface area contributed by atoms with Gasteiger partial charge in [-0.2, -0.15) is 10.1 Å². The van der Waals surface area contributed by atoms with Gasteiger partial charge in [0.1, 0.15) is 0 Å². The van der Waals surface area contributed by atoms with E-state index < -0.39 is 0 Å². The molecule has 0 spiro atoms. The average Bonchev–Trinajstić information content (AvgIpc) is 2.75. The third-order valence-electron chi connectivity index (χ3n) is 4.60. The number of ether oxygens (including phenoxy) is 1. The first-order valence-corrected chi connectivity index (χ1v) is 9.45. The molecule has 1 aliphatic rings. The Bertz CT molecular complexity index is 1000. The number of rotatable bonds is 6. The SMILES string of the molecule is CC(=O)c1cccc(Nc2cnnc(Nc3ccccc3N3CCOCC3)n2)c1. The van der Waals surface area contributed by atoms with Gasteiger partial charge in [0.05, 0.1) is 30.8 Å². The maximum atomic E-state index is 11.6. The van der Waals surface area contributed by atoms with Crippen molar-refractivity contribution in [2.45, 2.75) is 6.92 Å². The number of hydrogen-bond acceptors (Lipinski definition) is 8. The molecular weight excluding hydrogens is 368 g/mol. The Morgan fingerprint density at radius 1 is 1.07 bits per heavy atom. The number of ketones is 1. The molecule has 2 aromatic carbocycles. The Labute approximate surface area is 168 Å². The zero-order valence-corrected chi connectivity index (χ0v) is 16.1. The Balaban J connectivity index is 1.53. The predicted octanol–water partition coefficient (Wildman–Crippen LogP) is 3.40. The topological polar surface area (TPSA) is 92.3 Å². The Kier molecular flexibility index (Phi) is 5.62. The van der Waals surface area contributed by atoms with Gasteiger partial charge >= 0.3 is 0 Å². The van der Waals surface area contributed by atoms with Gasteiger partial charge in [0, 0.05) is 24.3 Å². The second-order valence-corrected chi connectivity index (χ2v) is 6.67. The van der Waals surface area contributed by atoms with Crippen LogP contribution in [0.25, 0.3) is 0 Å². The first kappa shape index (κ1) is 18.8. The highest BCUT2D eigenvalue weighted by Gasteiger charge is 2.15. The van der Waals surface area contributed by atoms with Crippen LogP contribution < -0.4 is 15.5 Å². The van der Waals surface area contributed by atoms with Crippen LogP contribution in [-0.2, 0) is 4.74 Å². The van der Waals surface area contributed by atoms with Crippen LogP contribution in [0.15, 0.2) is 54.7 Å². The highest BCUT2D eigenvalue weighted by atomic mass is 16.5. The highest BCUT2D eigenvalue weighted by molar-refractivity contribution is 5.95. The minimum atomic E-state index is 0.0107. The lowest BCUT2D eigenvalue weighted by atomic mass is 10.1. The van der Waals surface area contributed by atoms with Crippen LogP contribution in [0.2, 0.25) is 0 Å². The lowest BCUT2D eigenvalue weighted by Crippen LogP contribution is -2.36. The summed E-state index contributed by atoms with van der Waals surface area (Å²) in [4.78, 5) is 18.4. The third-order valence-corrected chi connectivity index (χ3v) is 4.60. The van der Waals surface area contributed by atoms with E-state index in [1.54, 1.807) is 25.3 Å². The molecule has 1 fully saturated rings. The van der Waals surface area contributed by atoms with Crippen LogP contribution in [0.3, 0.4) is 0 Å². The average molecular weight is 390 g/mol. The first-order chi connectivity index (χ1) is 14.2. The molecule has 0 saturated carbocycles. The van der Waals surface area contributed by atoms with Gasteiger partial charge in [-0.1, -0.05) is 24.3 Å². The molecule has 0 atom stereocenters. The molecule has 8 heteroatoms. The fraction of sp³-hybridized carbons (Fsp3) is 0.238. The van der Waals surface area contributed by atoms with Crippen LogP contribution in [0.5, 0.6) is 0 Å². The van der Waals surface area contributed by atoms with E-state index in [-0.39, 0.29) is 5.78 Å². The van der Waals surface area contributed by atoms with Crippen molar-refractivity contribution >= 4 is 34.6 Å². The molecule has 1 saturated heterocycles. The molecule has 0 aliphatic carbocycles. The monoisotopic (exact) mass is 390 g/mol. The molecule has 3 aromatic rings. The number of morpholine rings is 1. The number of anilines is 5. The number of carbonyl (C=O) groups excluding carboxylic acids is 1. The minimum absolute atomic E-state index is 0.0107. The molecular formula is C21H22N6O2. The highest BCUT2D eigenvalue weighted by Crippen LogP contribution is 2.28. The lowest BCUT2D eigenvalue weighted by molar-refractivity contribution is 0.101. The second kappa shape index (κ2) is 8.66. The maximum absolute atomic E-state index is 11.6. The zero-order chi connectivity index (χ0) is 20.1. The molecule has 4 rings (SSSR count). The van der Waals surface area contributed by atoms with Gasteiger partial charge in [-0.15, -0.1) is 5.10 Å². The summed E-state index contributed by atoms with van der Waals surface area (Å²) in [5.41, 5.74) is 3.38. The number of benzene rings is 2. The fourth-order valence-electron chi connectivity index (χ4n) is 3.16. The summed E-state index contributed by atoms with van der Waals surface area (Å²) in [6, 6.07) is 15.3. The largest absolute Gasteiger partial charge is 0.378 e. The van der Waals surface area contributed by atoms with E-state index in [0.29, 0.717) is 30.5 Å². The molecule has 0 bridgehead atoms. The number of hydrogen-bond donors (Lipinski definition) is 2. The third kappa shape index (κ3) is 4.67. The predicted molar refractivity (Wildman–Crippen MR) is 112 cm³/mol. The fourth-order valence-corrected chi connectivity index (χ4v) is 3.16. The summed E-state index contributed by atoms with van der Waals surface area (Å²) >= 11 is 0. The van der Waals surface area contributed by atoms with Crippen LogP contribution >= 0.6 is 0 Å². The lowest BCUT2D eigenvalue weighted by Gasteiger charge is -2.30. The van der Waals surface area contributed by atoms with E-state index in [2.05, 4.69) is 36.8 Å². The van der Waals surface area contributed by atoms with Crippen molar-refractivity contribution in [3.05, 3.63) is 60.3 Å². The van der Waals surface area contributed by atoms with Gasteiger partial charge in [-0.05, 0) is 31.2 Å². The normalized spacial score (nSPS) is 13.8. The molecule has 1 aromatic heterocycles. The first-order valence-electron chi connectivity index (χ1n) is 9.45. The maximum Gasteiger partial charge on any atom is 0.249 e. The van der Waals surface area contributed by atoms with Gasteiger partial charge in [-0.3, -0.25) is 4.79 Å². The number of nitrogens with one attached hydrogen (secondary N) is 2. The smallest absolute Gasteiger partial charge is 0.249 e. The number of carbonyl (C=O) groups is 1. The van der Waals surface area contributed by atoms with Crippen LogP contribution in [0.4, 0.5) is 28.8 Å². The molecule has 2 N–H and O–H groups in total. The van der Waals surface area contributed by atoms with Gasteiger partial charge in [0.25, 0.3) is 0 Å². The summed E-state index contributed by atoms with van der Waals surface area (Å²) in [5, 5.41) is 14.6. The van der Waals surface area contributed by atoms with Crippen LogP contribution in [-0.4, -0.2) is 47.3 Å². The number of aromatic nitrogens is 3. The molecule has 29 heavy (non-hydrogen) atoms. The van der Waals surface area contributed by atoms with Gasteiger partial charge < -0.3 is 20.3 Å². The number of nitrogens with zero attached hydrogens (tertiary/aromatic N) is 4. The van der Waals surface area contributed by atoms with Crippen molar-refractivity contribution in [3.8, 4) is 0 Å². The van der Waals surface area contributed by atoms with E-state index in [0.717, 1.165) is 30.2 Å². The van der Waals surface area contributed by atoms with Crippen molar-refractivity contribution in [3.63, 3.8) is 0 Å². The van der Waals surface area contributed by atoms with E-state index in [4.69, 9.17) is 4.74 Å². The van der Waals surface area contributed by atoms with Crippen molar-refractivity contribution in [1.82, 2.24) is 15.2 Å². The quantitative estimate of drug-likeness (QED) is 0.619. The molecule has 0 radical (unpaired) electrons.